The van der Waals surface area contributed by atoms with Crippen LogP contribution in [0.3, 0.4) is 0 Å². The summed E-state index contributed by atoms with van der Waals surface area (Å²) in [7, 11) is 0. The van der Waals surface area contributed by atoms with Gasteiger partial charge in [-0.1, -0.05) is 11.6 Å². The second-order valence-electron chi connectivity index (χ2n) is 7.88. The number of carbonyl (C=O) groups excluding carboxylic acids is 3. The summed E-state index contributed by atoms with van der Waals surface area (Å²) in [4.78, 5) is 50.2. The van der Waals surface area contributed by atoms with Gasteiger partial charge in [0.25, 0.3) is 11.8 Å². The van der Waals surface area contributed by atoms with E-state index in [4.69, 9.17) is 16.0 Å². The number of fused-ring (bicyclic) bond motifs is 1. The van der Waals surface area contributed by atoms with Gasteiger partial charge in [0.1, 0.15) is 17.1 Å². The highest BCUT2D eigenvalue weighted by molar-refractivity contribution is 6.30. The maximum absolute atomic E-state index is 13.5. The van der Waals surface area contributed by atoms with Crippen LogP contribution in [0.15, 0.2) is 51.7 Å². The van der Waals surface area contributed by atoms with Crippen LogP contribution < -0.4 is 21.2 Å². The Morgan fingerprint density at radius 3 is 2.68 bits per heavy atom. The predicted molar refractivity (Wildman–Crippen MR) is 122 cm³/mol. The first-order valence-electron chi connectivity index (χ1n) is 10.2. The van der Waals surface area contributed by atoms with Crippen LogP contribution in [0.1, 0.15) is 18.9 Å². The fourth-order valence-electron chi connectivity index (χ4n) is 3.76. The fourth-order valence-corrected chi connectivity index (χ4v) is 4.00. The summed E-state index contributed by atoms with van der Waals surface area (Å²) >= 11 is 5.81. The summed E-state index contributed by atoms with van der Waals surface area (Å²) in [5.74, 6) is -2.78. The van der Waals surface area contributed by atoms with Gasteiger partial charge in [0, 0.05) is 42.5 Å². The van der Waals surface area contributed by atoms with Crippen molar-refractivity contribution < 1.29 is 28.3 Å². The number of rotatable bonds is 5. The van der Waals surface area contributed by atoms with Gasteiger partial charge >= 0.3 is 5.63 Å². The van der Waals surface area contributed by atoms with Crippen molar-refractivity contribution in [2.75, 3.05) is 16.8 Å². The molecule has 176 valence electrons. The average molecular weight is 488 g/mol. The Morgan fingerprint density at radius 2 is 1.97 bits per heavy atom. The van der Waals surface area contributed by atoms with Gasteiger partial charge in [-0.25, -0.2) is 9.18 Å². The van der Waals surface area contributed by atoms with E-state index in [9.17, 15) is 28.7 Å². The van der Waals surface area contributed by atoms with Gasteiger partial charge in [-0.3, -0.25) is 14.4 Å². The van der Waals surface area contributed by atoms with E-state index in [1.165, 1.54) is 42.2 Å². The van der Waals surface area contributed by atoms with Crippen LogP contribution in [-0.4, -0.2) is 35.0 Å². The smallest absolute Gasteiger partial charge is 0.360 e. The first-order chi connectivity index (χ1) is 16.1. The highest BCUT2D eigenvalue weighted by Gasteiger charge is 2.51. The lowest BCUT2D eigenvalue weighted by atomic mass is 10.0. The van der Waals surface area contributed by atoms with Crippen LogP contribution >= 0.6 is 11.6 Å². The number of aliphatic hydroxyl groups is 1. The number of benzene rings is 2. The van der Waals surface area contributed by atoms with E-state index >= 15 is 0 Å². The van der Waals surface area contributed by atoms with Crippen molar-refractivity contribution in [3.05, 3.63) is 69.3 Å². The topological polar surface area (TPSA) is 129 Å². The number of nitrogens with one attached hydrogen (secondary N) is 2. The first-order valence-corrected chi connectivity index (χ1v) is 10.6. The Bertz CT molecular complexity index is 1370. The zero-order valence-corrected chi connectivity index (χ0v) is 18.6. The van der Waals surface area contributed by atoms with Gasteiger partial charge < -0.3 is 25.1 Å². The maximum atomic E-state index is 13.5. The maximum Gasteiger partial charge on any atom is 0.360 e. The highest BCUT2D eigenvalue weighted by Crippen LogP contribution is 2.31. The van der Waals surface area contributed by atoms with Crippen LogP contribution in [0.25, 0.3) is 11.0 Å². The summed E-state index contributed by atoms with van der Waals surface area (Å²) in [6.45, 7) is 1.17. The summed E-state index contributed by atoms with van der Waals surface area (Å²) < 4.78 is 18.7. The Kier molecular flexibility index (Phi) is 6.11. The monoisotopic (exact) mass is 487 g/mol. The van der Waals surface area contributed by atoms with Gasteiger partial charge in [0.15, 0.2) is 0 Å². The molecule has 34 heavy (non-hydrogen) atoms. The third kappa shape index (κ3) is 4.50. The summed E-state index contributed by atoms with van der Waals surface area (Å²) in [6, 6.07) is 9.70. The molecule has 1 aliphatic heterocycles. The van der Waals surface area contributed by atoms with Crippen molar-refractivity contribution in [2.24, 2.45) is 0 Å². The Morgan fingerprint density at radius 1 is 1.21 bits per heavy atom. The summed E-state index contributed by atoms with van der Waals surface area (Å²) in [5.41, 5.74) is -2.12. The standard InChI is InChI=1S/C23H19ClFN3O6/c1-12(29)27-18-9-14-8-17(2-3-19(14)34-20(18)30)28-5-4-23(33,22(28)32)21(31)26-11-13-6-15(24)10-16(25)7-13/h2-3,6-10,33H,4-5,11H2,1H3,(H,26,31)(H,27,29). The average Bonchev–Trinajstić information content (AvgIpc) is 3.07. The Labute approximate surface area is 197 Å². The van der Waals surface area contributed by atoms with E-state index in [1.807, 2.05) is 0 Å². The molecule has 0 aliphatic carbocycles. The van der Waals surface area contributed by atoms with E-state index in [-0.39, 0.29) is 35.8 Å². The van der Waals surface area contributed by atoms with Crippen LogP contribution in [0.2, 0.25) is 5.02 Å². The molecule has 3 amide bonds. The number of hydrogen-bond acceptors (Lipinski definition) is 6. The second kappa shape index (κ2) is 8.88. The van der Waals surface area contributed by atoms with E-state index in [2.05, 4.69) is 10.6 Å². The van der Waals surface area contributed by atoms with Gasteiger partial charge in [0.2, 0.25) is 11.5 Å². The number of halogens is 2. The lowest BCUT2D eigenvalue weighted by Crippen LogP contribution is -2.52. The number of carbonyl (C=O) groups is 3. The molecule has 0 spiro atoms. The van der Waals surface area contributed by atoms with Crippen molar-refractivity contribution in [1.29, 1.82) is 0 Å². The van der Waals surface area contributed by atoms with Crippen molar-refractivity contribution in [2.45, 2.75) is 25.5 Å². The molecule has 1 aliphatic rings. The molecule has 11 heteroatoms. The molecule has 1 fully saturated rings. The minimum Gasteiger partial charge on any atom is -0.421 e. The summed E-state index contributed by atoms with van der Waals surface area (Å²) in [6.07, 6.45) is -0.166. The molecule has 2 aromatic carbocycles. The van der Waals surface area contributed by atoms with E-state index in [1.54, 1.807) is 6.07 Å². The van der Waals surface area contributed by atoms with Crippen LogP contribution in [0, 0.1) is 5.82 Å². The van der Waals surface area contributed by atoms with Crippen LogP contribution in [-0.2, 0) is 20.9 Å². The molecule has 3 N–H and O–H groups in total. The second-order valence-corrected chi connectivity index (χ2v) is 8.31. The lowest BCUT2D eigenvalue weighted by molar-refractivity contribution is -0.149. The molecule has 1 aromatic heterocycles. The molecule has 0 bridgehead atoms. The van der Waals surface area contributed by atoms with Gasteiger partial charge in [-0.15, -0.1) is 0 Å². The van der Waals surface area contributed by atoms with Crippen LogP contribution in [0.5, 0.6) is 0 Å². The van der Waals surface area contributed by atoms with E-state index in [0.29, 0.717) is 16.6 Å². The molecule has 3 aromatic rings. The van der Waals surface area contributed by atoms with Crippen molar-refractivity contribution in [3.8, 4) is 0 Å². The molecule has 1 unspecified atom stereocenters. The molecule has 9 nitrogen and oxygen atoms in total. The quantitative estimate of drug-likeness (QED) is 0.374. The fraction of sp³-hybridized carbons (Fsp3) is 0.217. The Balaban J connectivity index is 1.54. The number of hydrogen-bond donors (Lipinski definition) is 3. The van der Waals surface area contributed by atoms with Crippen LogP contribution in [0.4, 0.5) is 15.8 Å². The Hall–Kier alpha value is -3.76. The molecular weight excluding hydrogens is 469 g/mol. The minimum absolute atomic E-state index is 0.0510. The van der Waals surface area contributed by atoms with E-state index in [0.717, 1.165) is 6.07 Å². The van der Waals surface area contributed by atoms with Crippen molar-refractivity contribution >= 4 is 51.7 Å². The molecule has 1 saturated heterocycles. The molecule has 0 saturated carbocycles. The normalized spacial score (nSPS) is 17.8. The molecular formula is C23H19ClFN3O6. The number of amides is 3. The predicted octanol–water partition coefficient (Wildman–Crippen LogP) is 2.33. The third-order valence-electron chi connectivity index (χ3n) is 5.39. The third-order valence-corrected chi connectivity index (χ3v) is 5.60. The largest absolute Gasteiger partial charge is 0.421 e. The van der Waals surface area contributed by atoms with E-state index < -0.39 is 34.8 Å². The molecule has 2 heterocycles. The molecule has 1 atom stereocenters. The molecule has 0 radical (unpaired) electrons. The van der Waals surface area contributed by atoms with Gasteiger partial charge in [-0.05, 0) is 48.0 Å². The van der Waals surface area contributed by atoms with Gasteiger partial charge in [-0.2, -0.15) is 0 Å². The lowest BCUT2D eigenvalue weighted by Gasteiger charge is -2.22. The van der Waals surface area contributed by atoms with Gasteiger partial charge in [0.05, 0.1) is 0 Å². The van der Waals surface area contributed by atoms with Crippen molar-refractivity contribution in [1.82, 2.24) is 5.32 Å². The number of nitrogens with zero attached hydrogens (tertiary/aromatic N) is 1. The first kappa shape index (κ1) is 23.4. The zero-order valence-electron chi connectivity index (χ0n) is 17.9. The molecule has 4 rings (SSSR count). The highest BCUT2D eigenvalue weighted by atomic mass is 35.5. The SMILES string of the molecule is CC(=O)Nc1cc2cc(N3CCC(O)(C(=O)NCc4cc(F)cc(Cl)c4)C3=O)ccc2oc1=O. The zero-order chi connectivity index (χ0) is 24.6. The summed E-state index contributed by atoms with van der Waals surface area (Å²) in [5, 5.41) is 16.2. The van der Waals surface area contributed by atoms with Crippen molar-refractivity contribution in [3.63, 3.8) is 0 Å². The number of anilines is 2. The minimum atomic E-state index is -2.31.